The first-order chi connectivity index (χ1) is 16.2. The molecule has 2 aromatic carbocycles. The van der Waals surface area contributed by atoms with Gasteiger partial charge in [-0.2, -0.15) is 0 Å². The molecule has 0 bridgehead atoms. The van der Waals surface area contributed by atoms with Crippen LogP contribution in [0.1, 0.15) is 32.1 Å². The Kier molecular flexibility index (Phi) is 9.28. The van der Waals surface area contributed by atoms with E-state index < -0.39 is 11.9 Å². The zero-order valence-electron chi connectivity index (χ0n) is 18.6. The fourth-order valence-corrected chi connectivity index (χ4v) is 2.92. The Morgan fingerprint density at radius 2 is 0.912 bits per heavy atom. The minimum Gasteiger partial charge on any atom is -0.478 e. The number of nitrogens with one attached hydrogen (secondary N) is 2. The highest BCUT2D eigenvalue weighted by molar-refractivity contribution is 6.02. The van der Waals surface area contributed by atoms with Gasteiger partial charge >= 0.3 is 11.9 Å². The van der Waals surface area contributed by atoms with Gasteiger partial charge in [0.05, 0.1) is 11.1 Å². The standard InChI is InChI=1S/C14H10O4.2C6H7NO/c15-13(16)11-7-3-1-5-9(11)10-6-2-4-8-12(10)14(17)18;2*1-5-3-2-4-6(8)7-5/h1-8H,(H,15,16)(H,17,18);2*2-4H,1H3,(H,7,8). The van der Waals surface area contributed by atoms with Crippen molar-refractivity contribution in [1.29, 1.82) is 0 Å². The summed E-state index contributed by atoms with van der Waals surface area (Å²) in [6.45, 7) is 3.70. The minimum absolute atomic E-state index is 0.0370. The summed E-state index contributed by atoms with van der Waals surface area (Å²) in [4.78, 5) is 48.4. The lowest BCUT2D eigenvalue weighted by atomic mass is 9.95. The van der Waals surface area contributed by atoms with Crippen molar-refractivity contribution >= 4 is 11.9 Å². The molecule has 0 fully saturated rings. The van der Waals surface area contributed by atoms with Crippen molar-refractivity contribution in [3.63, 3.8) is 0 Å². The van der Waals surface area contributed by atoms with E-state index in [2.05, 4.69) is 9.97 Å². The van der Waals surface area contributed by atoms with Gasteiger partial charge in [-0.3, -0.25) is 9.59 Å². The van der Waals surface area contributed by atoms with Gasteiger partial charge in [-0.15, -0.1) is 0 Å². The van der Waals surface area contributed by atoms with Crippen molar-refractivity contribution in [2.45, 2.75) is 13.8 Å². The first kappa shape index (κ1) is 25.5. The third-order valence-electron chi connectivity index (χ3n) is 4.43. The average molecular weight is 460 g/mol. The molecule has 0 amide bonds. The molecule has 174 valence electrons. The topological polar surface area (TPSA) is 140 Å². The number of aromatic amines is 2. The zero-order chi connectivity index (χ0) is 25.1. The zero-order valence-corrected chi connectivity index (χ0v) is 18.6. The Morgan fingerprint density at radius 1 is 0.559 bits per heavy atom. The molecule has 4 aromatic rings. The van der Waals surface area contributed by atoms with Gasteiger partial charge in [-0.05, 0) is 49.2 Å². The van der Waals surface area contributed by atoms with Crippen LogP contribution in [0.5, 0.6) is 0 Å². The summed E-state index contributed by atoms with van der Waals surface area (Å²) in [6.07, 6.45) is 0. The second-order valence-corrected chi connectivity index (χ2v) is 7.10. The summed E-state index contributed by atoms with van der Waals surface area (Å²) in [6, 6.07) is 22.8. The van der Waals surface area contributed by atoms with Crippen molar-refractivity contribution in [3.05, 3.63) is 128 Å². The summed E-state index contributed by atoms with van der Waals surface area (Å²) in [5.41, 5.74) is 2.72. The lowest BCUT2D eigenvalue weighted by Crippen LogP contribution is -2.03. The van der Waals surface area contributed by atoms with E-state index in [1.807, 2.05) is 26.0 Å². The van der Waals surface area contributed by atoms with Gasteiger partial charge in [0, 0.05) is 23.5 Å². The maximum absolute atomic E-state index is 11.1. The van der Waals surface area contributed by atoms with Crippen LogP contribution < -0.4 is 11.1 Å². The number of aryl methyl sites for hydroxylation is 2. The van der Waals surface area contributed by atoms with Crippen LogP contribution in [0.3, 0.4) is 0 Å². The van der Waals surface area contributed by atoms with Crippen LogP contribution >= 0.6 is 0 Å². The Bertz CT molecular complexity index is 1280. The van der Waals surface area contributed by atoms with Crippen molar-refractivity contribution in [2.24, 2.45) is 0 Å². The number of carboxylic acids is 2. The van der Waals surface area contributed by atoms with Gasteiger partial charge in [0.2, 0.25) is 11.1 Å². The number of benzene rings is 2. The first-order valence-electron chi connectivity index (χ1n) is 10.2. The van der Waals surface area contributed by atoms with Crippen molar-refractivity contribution < 1.29 is 19.8 Å². The molecule has 0 spiro atoms. The van der Waals surface area contributed by atoms with Gasteiger partial charge in [0.15, 0.2) is 0 Å². The van der Waals surface area contributed by atoms with Crippen LogP contribution in [0.15, 0.2) is 94.5 Å². The van der Waals surface area contributed by atoms with Gasteiger partial charge in [-0.25, -0.2) is 9.59 Å². The number of rotatable bonds is 3. The summed E-state index contributed by atoms with van der Waals surface area (Å²) in [5.74, 6) is -2.16. The Balaban J connectivity index is 0.000000210. The van der Waals surface area contributed by atoms with Crippen molar-refractivity contribution in [2.75, 3.05) is 0 Å². The number of pyridine rings is 2. The van der Waals surface area contributed by atoms with Crippen LogP contribution in [0, 0.1) is 13.8 Å². The molecular formula is C26H24N2O6. The number of carbonyl (C=O) groups is 2. The molecule has 0 saturated carbocycles. The van der Waals surface area contributed by atoms with E-state index in [9.17, 15) is 19.2 Å². The fourth-order valence-electron chi connectivity index (χ4n) is 2.92. The summed E-state index contributed by atoms with van der Waals surface area (Å²) in [7, 11) is 0. The first-order valence-corrected chi connectivity index (χ1v) is 10.2. The molecule has 4 N–H and O–H groups in total. The second-order valence-electron chi connectivity index (χ2n) is 7.10. The Hall–Kier alpha value is -4.72. The molecule has 4 rings (SSSR count). The van der Waals surface area contributed by atoms with E-state index in [-0.39, 0.29) is 22.2 Å². The van der Waals surface area contributed by atoms with Crippen LogP contribution in [0.25, 0.3) is 11.1 Å². The largest absolute Gasteiger partial charge is 0.478 e. The molecule has 8 nitrogen and oxygen atoms in total. The average Bonchev–Trinajstić information content (AvgIpc) is 2.79. The number of aromatic nitrogens is 2. The van der Waals surface area contributed by atoms with Crippen LogP contribution in [-0.4, -0.2) is 32.1 Å². The summed E-state index contributed by atoms with van der Waals surface area (Å²) >= 11 is 0. The van der Waals surface area contributed by atoms with Crippen molar-refractivity contribution in [1.82, 2.24) is 9.97 Å². The molecule has 0 aliphatic rings. The predicted molar refractivity (Wildman–Crippen MR) is 129 cm³/mol. The SMILES string of the molecule is Cc1cccc(=O)[nH]1.Cc1cccc(=O)[nH]1.O=C(O)c1ccccc1-c1ccccc1C(=O)O. The molecule has 0 unspecified atom stereocenters. The normalized spacial score (nSPS) is 9.59. The lowest BCUT2D eigenvalue weighted by molar-refractivity contribution is 0.0684. The third kappa shape index (κ3) is 7.76. The fraction of sp³-hybridized carbons (Fsp3) is 0.0769. The molecule has 34 heavy (non-hydrogen) atoms. The molecule has 0 saturated heterocycles. The predicted octanol–water partition coefficient (Wildman–Crippen LogP) is 4.12. The van der Waals surface area contributed by atoms with E-state index >= 15 is 0 Å². The quantitative estimate of drug-likeness (QED) is 0.363. The number of hydrogen-bond donors (Lipinski definition) is 4. The Labute approximate surface area is 195 Å². The molecule has 2 aromatic heterocycles. The lowest BCUT2D eigenvalue weighted by Gasteiger charge is -2.08. The van der Waals surface area contributed by atoms with Gasteiger partial charge in [0.25, 0.3) is 0 Å². The highest BCUT2D eigenvalue weighted by Crippen LogP contribution is 2.27. The number of H-pyrrole nitrogens is 2. The molecular weight excluding hydrogens is 436 g/mol. The van der Waals surface area contributed by atoms with E-state index in [1.165, 1.54) is 24.3 Å². The minimum atomic E-state index is -1.08. The maximum atomic E-state index is 11.1. The molecule has 0 atom stereocenters. The second kappa shape index (κ2) is 12.4. The number of aromatic carboxylic acids is 2. The third-order valence-corrected chi connectivity index (χ3v) is 4.43. The summed E-state index contributed by atoms with van der Waals surface area (Å²) < 4.78 is 0. The molecule has 0 aliphatic carbocycles. The van der Waals surface area contributed by atoms with Crippen LogP contribution in [0.4, 0.5) is 0 Å². The smallest absolute Gasteiger partial charge is 0.336 e. The van der Waals surface area contributed by atoms with Gasteiger partial charge in [-0.1, -0.05) is 48.5 Å². The Morgan fingerprint density at radius 3 is 1.18 bits per heavy atom. The van der Waals surface area contributed by atoms with Gasteiger partial charge in [0.1, 0.15) is 0 Å². The molecule has 2 heterocycles. The summed E-state index contributed by atoms with van der Waals surface area (Å²) in [5, 5.41) is 18.2. The molecule has 0 aliphatic heterocycles. The highest BCUT2D eigenvalue weighted by Gasteiger charge is 2.16. The molecule has 0 radical (unpaired) electrons. The van der Waals surface area contributed by atoms with Crippen LogP contribution in [-0.2, 0) is 0 Å². The van der Waals surface area contributed by atoms with E-state index in [0.717, 1.165) is 11.4 Å². The van der Waals surface area contributed by atoms with Gasteiger partial charge < -0.3 is 20.2 Å². The number of carboxylic acid groups (broad SMARTS) is 2. The number of hydrogen-bond acceptors (Lipinski definition) is 4. The van der Waals surface area contributed by atoms with E-state index in [1.54, 1.807) is 48.5 Å². The van der Waals surface area contributed by atoms with E-state index in [4.69, 9.17) is 10.2 Å². The maximum Gasteiger partial charge on any atom is 0.336 e. The highest BCUT2D eigenvalue weighted by atomic mass is 16.4. The monoisotopic (exact) mass is 460 g/mol. The molecule has 8 heteroatoms. The van der Waals surface area contributed by atoms with Crippen molar-refractivity contribution in [3.8, 4) is 11.1 Å². The van der Waals surface area contributed by atoms with E-state index in [0.29, 0.717) is 11.1 Å². The van der Waals surface area contributed by atoms with Crippen LogP contribution in [0.2, 0.25) is 0 Å².